The average molecular weight is 275 g/mol. The lowest BCUT2D eigenvalue weighted by molar-refractivity contribution is 0.0804. The van der Waals surface area contributed by atoms with Gasteiger partial charge in [-0.3, -0.25) is 14.8 Å². The fraction of sp³-hybridized carbons (Fsp3) is 0.667. The molecule has 3 rings (SSSR count). The number of piperazine rings is 2. The molecule has 2 aliphatic heterocycles. The van der Waals surface area contributed by atoms with Crippen molar-refractivity contribution in [1.29, 1.82) is 0 Å². The van der Waals surface area contributed by atoms with Gasteiger partial charge in [-0.1, -0.05) is 0 Å². The van der Waals surface area contributed by atoms with Crippen LogP contribution in [0.2, 0.25) is 0 Å². The third-order valence-electron chi connectivity index (χ3n) is 4.38. The van der Waals surface area contributed by atoms with Crippen LogP contribution in [-0.2, 0) is 0 Å². The van der Waals surface area contributed by atoms with Crippen molar-refractivity contribution in [2.75, 3.05) is 71.0 Å². The highest BCUT2D eigenvalue weighted by Crippen LogP contribution is 2.14. The molecule has 0 bridgehead atoms. The molecule has 0 aromatic carbocycles. The summed E-state index contributed by atoms with van der Waals surface area (Å²) >= 11 is 0. The summed E-state index contributed by atoms with van der Waals surface area (Å²) < 4.78 is 0. The van der Waals surface area contributed by atoms with E-state index in [0.717, 1.165) is 32.8 Å². The minimum absolute atomic E-state index is 1.11. The minimum Gasteiger partial charge on any atom is -0.368 e. The predicted molar refractivity (Wildman–Crippen MR) is 82.0 cm³/mol. The van der Waals surface area contributed by atoms with Gasteiger partial charge in [0.1, 0.15) is 0 Å². The Hall–Kier alpha value is -1.17. The molecule has 1 aromatic heterocycles. The molecule has 0 amide bonds. The van der Waals surface area contributed by atoms with Crippen molar-refractivity contribution in [3.8, 4) is 0 Å². The van der Waals surface area contributed by atoms with Crippen LogP contribution in [0.4, 0.5) is 5.69 Å². The summed E-state index contributed by atoms with van der Waals surface area (Å²) in [5.74, 6) is 0. The summed E-state index contributed by atoms with van der Waals surface area (Å²) in [4.78, 5) is 14.2. The van der Waals surface area contributed by atoms with Crippen LogP contribution in [0.3, 0.4) is 0 Å². The smallest absolute Gasteiger partial charge is 0.0553 e. The average Bonchev–Trinajstić information content (AvgIpc) is 2.51. The van der Waals surface area contributed by atoms with E-state index in [1.165, 1.54) is 31.9 Å². The van der Waals surface area contributed by atoms with Gasteiger partial charge in [-0.2, -0.15) is 0 Å². The summed E-state index contributed by atoms with van der Waals surface area (Å²) in [5, 5.41) is 0. The van der Waals surface area contributed by atoms with Crippen LogP contribution in [0.25, 0.3) is 0 Å². The molecule has 2 saturated heterocycles. The van der Waals surface area contributed by atoms with E-state index in [-0.39, 0.29) is 0 Å². The Morgan fingerprint density at radius 2 is 1.60 bits per heavy atom. The van der Waals surface area contributed by atoms with E-state index in [4.69, 9.17) is 0 Å². The van der Waals surface area contributed by atoms with Crippen molar-refractivity contribution in [1.82, 2.24) is 19.7 Å². The highest BCUT2D eigenvalue weighted by atomic mass is 15.4. The lowest BCUT2D eigenvalue weighted by Crippen LogP contribution is -2.53. The van der Waals surface area contributed by atoms with Crippen LogP contribution in [0.5, 0.6) is 0 Å². The number of pyridine rings is 1. The van der Waals surface area contributed by atoms with Crippen LogP contribution in [0, 0.1) is 0 Å². The van der Waals surface area contributed by atoms with Gasteiger partial charge in [-0.15, -0.1) is 0 Å². The maximum atomic E-state index is 4.21. The molecule has 5 nitrogen and oxygen atoms in total. The zero-order valence-corrected chi connectivity index (χ0v) is 12.4. The molecule has 0 radical (unpaired) electrons. The van der Waals surface area contributed by atoms with Gasteiger partial charge in [0.25, 0.3) is 0 Å². The molecule has 0 aliphatic carbocycles. The molecule has 0 saturated carbocycles. The van der Waals surface area contributed by atoms with Crippen LogP contribution >= 0.6 is 0 Å². The molecule has 0 atom stereocenters. The van der Waals surface area contributed by atoms with Crippen molar-refractivity contribution < 1.29 is 0 Å². The van der Waals surface area contributed by atoms with Crippen molar-refractivity contribution >= 4 is 5.69 Å². The van der Waals surface area contributed by atoms with Gasteiger partial charge in [-0.05, 0) is 19.2 Å². The second kappa shape index (κ2) is 6.52. The largest absolute Gasteiger partial charge is 0.368 e. The van der Waals surface area contributed by atoms with Crippen LogP contribution in [0.1, 0.15) is 0 Å². The molecule has 110 valence electrons. The van der Waals surface area contributed by atoms with Gasteiger partial charge in [-0.25, -0.2) is 0 Å². The quantitative estimate of drug-likeness (QED) is 0.796. The molecule has 0 unspecified atom stereocenters. The number of rotatable bonds is 3. The first-order chi connectivity index (χ1) is 9.81. The Morgan fingerprint density at radius 3 is 2.20 bits per heavy atom. The van der Waals surface area contributed by atoms with Crippen molar-refractivity contribution in [3.63, 3.8) is 0 Å². The summed E-state index contributed by atoms with van der Waals surface area (Å²) in [6.07, 6.45) is 3.81. The lowest BCUT2D eigenvalue weighted by atomic mass is 10.3. The van der Waals surface area contributed by atoms with Gasteiger partial charge in [0.15, 0.2) is 0 Å². The van der Waals surface area contributed by atoms with Crippen molar-refractivity contribution in [2.24, 2.45) is 0 Å². The fourth-order valence-corrected chi connectivity index (χ4v) is 2.96. The van der Waals surface area contributed by atoms with E-state index in [0.29, 0.717) is 0 Å². The third kappa shape index (κ3) is 3.48. The molecule has 3 heterocycles. The second-order valence-electron chi connectivity index (χ2n) is 5.88. The molecule has 0 N–H and O–H groups in total. The van der Waals surface area contributed by atoms with E-state index >= 15 is 0 Å². The van der Waals surface area contributed by atoms with Gasteiger partial charge in [0.2, 0.25) is 0 Å². The van der Waals surface area contributed by atoms with Gasteiger partial charge in [0.05, 0.1) is 18.6 Å². The SMILES string of the molecule is CN1CCN(CN2CCN(c3cccnc3)CC2)CC1. The first kappa shape index (κ1) is 13.8. The number of nitrogens with zero attached hydrogens (tertiary/aromatic N) is 5. The van der Waals surface area contributed by atoms with E-state index in [9.17, 15) is 0 Å². The predicted octanol–water partition coefficient (Wildman–Crippen LogP) is 0.409. The topological polar surface area (TPSA) is 25.9 Å². The molecule has 5 heteroatoms. The van der Waals surface area contributed by atoms with E-state index in [2.05, 4.69) is 37.7 Å². The van der Waals surface area contributed by atoms with E-state index in [1.807, 2.05) is 18.5 Å². The Morgan fingerprint density at radius 1 is 0.950 bits per heavy atom. The second-order valence-corrected chi connectivity index (χ2v) is 5.88. The van der Waals surface area contributed by atoms with Crippen molar-refractivity contribution in [3.05, 3.63) is 24.5 Å². The zero-order chi connectivity index (χ0) is 13.8. The van der Waals surface area contributed by atoms with Crippen LogP contribution in [0.15, 0.2) is 24.5 Å². The summed E-state index contributed by atoms with van der Waals surface area (Å²) in [5.41, 5.74) is 1.26. The number of hydrogen-bond acceptors (Lipinski definition) is 5. The summed E-state index contributed by atoms with van der Waals surface area (Å²) in [6, 6.07) is 4.18. The van der Waals surface area contributed by atoms with Gasteiger partial charge in [0, 0.05) is 58.6 Å². The van der Waals surface area contributed by atoms with Crippen LogP contribution in [-0.4, -0.2) is 85.8 Å². The maximum Gasteiger partial charge on any atom is 0.0553 e. The summed E-state index contributed by atoms with van der Waals surface area (Å²) in [7, 11) is 2.21. The minimum atomic E-state index is 1.11. The Bertz CT molecular complexity index is 394. The van der Waals surface area contributed by atoms with Gasteiger partial charge < -0.3 is 9.80 Å². The molecular weight excluding hydrogens is 250 g/mol. The standard InChI is InChI=1S/C15H25N5/c1-17-5-7-18(8-6-17)14-19-9-11-20(12-10-19)15-3-2-4-16-13-15/h2-4,13H,5-12,14H2,1H3. The maximum absolute atomic E-state index is 4.21. The molecule has 1 aromatic rings. The number of aromatic nitrogens is 1. The van der Waals surface area contributed by atoms with Gasteiger partial charge >= 0.3 is 0 Å². The molecular formula is C15H25N5. The highest BCUT2D eigenvalue weighted by molar-refractivity contribution is 5.43. The van der Waals surface area contributed by atoms with E-state index < -0.39 is 0 Å². The zero-order valence-electron chi connectivity index (χ0n) is 12.4. The normalized spacial score (nSPS) is 23.1. The van der Waals surface area contributed by atoms with Crippen molar-refractivity contribution in [2.45, 2.75) is 0 Å². The number of anilines is 1. The monoisotopic (exact) mass is 275 g/mol. The molecule has 2 aliphatic rings. The number of likely N-dealkylation sites (N-methyl/N-ethyl adjacent to an activating group) is 1. The molecule has 2 fully saturated rings. The first-order valence-corrected chi connectivity index (χ1v) is 7.59. The molecule has 20 heavy (non-hydrogen) atoms. The summed E-state index contributed by atoms with van der Waals surface area (Å²) in [6.45, 7) is 10.5. The molecule has 0 spiro atoms. The van der Waals surface area contributed by atoms with E-state index in [1.54, 1.807) is 0 Å². The first-order valence-electron chi connectivity index (χ1n) is 7.59. The lowest BCUT2D eigenvalue weighted by Gasteiger charge is -2.40. The Labute approximate surface area is 121 Å². The number of hydrogen-bond donors (Lipinski definition) is 0. The fourth-order valence-electron chi connectivity index (χ4n) is 2.96. The Balaban J connectivity index is 1.44. The third-order valence-corrected chi connectivity index (χ3v) is 4.38. The van der Waals surface area contributed by atoms with Crippen LogP contribution < -0.4 is 4.90 Å². The highest BCUT2D eigenvalue weighted by Gasteiger charge is 2.21. The Kier molecular flexibility index (Phi) is 4.50.